The molecular weight excluding hydrogens is 220 g/mol. The smallest absolute Gasteiger partial charge is 0.317 e. The minimum Gasteiger partial charge on any atom is -0.396 e. The number of aliphatic hydroxyl groups is 1. The minimum atomic E-state index is -0.00899. The minimum absolute atomic E-state index is 0.00899. The second-order valence-electron chi connectivity index (χ2n) is 4.62. The quantitative estimate of drug-likeness (QED) is 0.753. The van der Waals surface area contributed by atoms with Crippen LogP contribution >= 0.6 is 0 Å². The lowest BCUT2D eigenvalue weighted by Crippen LogP contribution is -2.49. The van der Waals surface area contributed by atoms with Crippen LogP contribution in [0, 0.1) is 5.92 Å². The van der Waals surface area contributed by atoms with Gasteiger partial charge < -0.3 is 20.1 Å². The van der Waals surface area contributed by atoms with Crippen LogP contribution in [-0.4, -0.2) is 55.5 Å². The maximum atomic E-state index is 11.9. The SMILES string of the molecule is CCC(COC)NC(=O)N1CCC(CO)CC1. The zero-order valence-electron chi connectivity index (χ0n) is 10.8. The largest absolute Gasteiger partial charge is 0.396 e. The van der Waals surface area contributed by atoms with E-state index < -0.39 is 0 Å². The number of hydrogen-bond donors (Lipinski definition) is 2. The summed E-state index contributed by atoms with van der Waals surface area (Å²) in [5.41, 5.74) is 0. The molecular formula is C12H24N2O3. The fourth-order valence-electron chi connectivity index (χ4n) is 2.05. The van der Waals surface area contributed by atoms with Gasteiger partial charge in [-0.1, -0.05) is 6.92 Å². The van der Waals surface area contributed by atoms with Gasteiger partial charge in [0.05, 0.1) is 12.6 Å². The third-order valence-corrected chi connectivity index (χ3v) is 3.35. The maximum absolute atomic E-state index is 11.9. The highest BCUT2D eigenvalue weighted by Gasteiger charge is 2.23. The third kappa shape index (κ3) is 4.52. The van der Waals surface area contributed by atoms with Gasteiger partial charge in [0, 0.05) is 26.8 Å². The summed E-state index contributed by atoms with van der Waals surface area (Å²) in [5, 5.41) is 12.0. The van der Waals surface area contributed by atoms with Crippen LogP contribution in [0.25, 0.3) is 0 Å². The average molecular weight is 244 g/mol. The topological polar surface area (TPSA) is 61.8 Å². The van der Waals surface area contributed by atoms with Crippen molar-refractivity contribution in [3.05, 3.63) is 0 Å². The zero-order valence-corrected chi connectivity index (χ0v) is 10.8. The number of rotatable bonds is 5. The van der Waals surface area contributed by atoms with Crippen molar-refractivity contribution >= 4 is 6.03 Å². The number of aliphatic hydroxyl groups excluding tert-OH is 1. The molecule has 17 heavy (non-hydrogen) atoms. The Morgan fingerprint density at radius 3 is 2.65 bits per heavy atom. The van der Waals surface area contributed by atoms with Gasteiger partial charge in [-0.2, -0.15) is 0 Å². The molecule has 1 fully saturated rings. The van der Waals surface area contributed by atoms with Crippen molar-refractivity contribution in [1.29, 1.82) is 0 Å². The predicted molar refractivity (Wildman–Crippen MR) is 65.9 cm³/mol. The van der Waals surface area contributed by atoms with E-state index in [-0.39, 0.29) is 18.7 Å². The molecule has 0 saturated carbocycles. The van der Waals surface area contributed by atoms with E-state index in [1.807, 2.05) is 11.8 Å². The van der Waals surface area contributed by atoms with Gasteiger partial charge in [-0.3, -0.25) is 0 Å². The van der Waals surface area contributed by atoms with Crippen LogP contribution < -0.4 is 5.32 Å². The fourth-order valence-corrected chi connectivity index (χ4v) is 2.05. The number of nitrogens with zero attached hydrogens (tertiary/aromatic N) is 1. The van der Waals surface area contributed by atoms with E-state index in [2.05, 4.69) is 5.32 Å². The molecule has 1 aliphatic rings. The van der Waals surface area contributed by atoms with Crippen LogP contribution in [0.2, 0.25) is 0 Å². The highest BCUT2D eigenvalue weighted by atomic mass is 16.5. The molecule has 5 nitrogen and oxygen atoms in total. The van der Waals surface area contributed by atoms with Crippen LogP contribution in [0.3, 0.4) is 0 Å². The van der Waals surface area contributed by atoms with Gasteiger partial charge in [0.15, 0.2) is 0 Å². The lowest BCUT2D eigenvalue weighted by atomic mass is 9.98. The summed E-state index contributed by atoms with van der Waals surface area (Å²) in [4.78, 5) is 13.8. The number of likely N-dealkylation sites (tertiary alicyclic amines) is 1. The zero-order chi connectivity index (χ0) is 12.7. The molecule has 0 aromatic rings. The maximum Gasteiger partial charge on any atom is 0.317 e. The second-order valence-corrected chi connectivity index (χ2v) is 4.62. The second kappa shape index (κ2) is 7.50. The standard InChI is InChI=1S/C12H24N2O3/c1-3-11(9-17-2)13-12(16)14-6-4-10(8-15)5-7-14/h10-11,15H,3-9H2,1-2H3,(H,13,16). The summed E-state index contributed by atoms with van der Waals surface area (Å²) >= 11 is 0. The van der Waals surface area contributed by atoms with Gasteiger partial charge in [-0.05, 0) is 25.2 Å². The van der Waals surface area contributed by atoms with Crippen molar-refractivity contribution in [1.82, 2.24) is 10.2 Å². The monoisotopic (exact) mass is 244 g/mol. The first kappa shape index (κ1) is 14.3. The van der Waals surface area contributed by atoms with E-state index in [4.69, 9.17) is 9.84 Å². The van der Waals surface area contributed by atoms with E-state index in [1.54, 1.807) is 7.11 Å². The predicted octanol–water partition coefficient (Wildman–Crippen LogP) is 0.825. The van der Waals surface area contributed by atoms with Crippen LogP contribution in [0.1, 0.15) is 26.2 Å². The number of methoxy groups -OCH3 is 1. The first-order valence-corrected chi connectivity index (χ1v) is 6.36. The van der Waals surface area contributed by atoms with Gasteiger partial charge in [0.2, 0.25) is 0 Å². The van der Waals surface area contributed by atoms with Crippen molar-refractivity contribution in [2.24, 2.45) is 5.92 Å². The highest BCUT2D eigenvalue weighted by molar-refractivity contribution is 5.74. The van der Waals surface area contributed by atoms with E-state index >= 15 is 0 Å². The molecule has 0 aliphatic carbocycles. The van der Waals surface area contributed by atoms with Gasteiger partial charge in [0.25, 0.3) is 0 Å². The highest BCUT2D eigenvalue weighted by Crippen LogP contribution is 2.16. The molecule has 0 aromatic heterocycles. The number of hydrogen-bond acceptors (Lipinski definition) is 3. The molecule has 2 N–H and O–H groups in total. The molecule has 0 bridgehead atoms. The summed E-state index contributed by atoms with van der Waals surface area (Å²) in [6.07, 6.45) is 2.66. The van der Waals surface area contributed by atoms with Gasteiger partial charge in [-0.15, -0.1) is 0 Å². The van der Waals surface area contributed by atoms with E-state index in [9.17, 15) is 4.79 Å². The summed E-state index contributed by atoms with van der Waals surface area (Å²) in [6, 6.07) is 0.0772. The van der Waals surface area contributed by atoms with Crippen LogP contribution in [0.5, 0.6) is 0 Å². The summed E-state index contributed by atoms with van der Waals surface area (Å²) in [6.45, 7) is 4.29. The number of amides is 2. The van der Waals surface area contributed by atoms with Crippen LogP contribution in [-0.2, 0) is 4.74 Å². The lowest BCUT2D eigenvalue weighted by Gasteiger charge is -2.32. The Labute approximate surface area is 103 Å². The van der Waals surface area contributed by atoms with E-state index in [0.717, 1.165) is 32.4 Å². The first-order valence-electron chi connectivity index (χ1n) is 6.36. The Hall–Kier alpha value is -0.810. The Morgan fingerprint density at radius 1 is 1.53 bits per heavy atom. The summed E-state index contributed by atoms with van der Waals surface area (Å²) < 4.78 is 5.05. The Bertz CT molecular complexity index is 228. The molecule has 1 atom stereocenters. The average Bonchev–Trinajstić information content (AvgIpc) is 2.38. The van der Waals surface area contributed by atoms with Crippen molar-refractivity contribution in [3.8, 4) is 0 Å². The molecule has 0 aromatic carbocycles. The van der Waals surface area contributed by atoms with Crippen LogP contribution in [0.15, 0.2) is 0 Å². The summed E-state index contributed by atoms with van der Waals surface area (Å²) in [5.74, 6) is 0.361. The van der Waals surface area contributed by atoms with Crippen molar-refractivity contribution in [2.75, 3.05) is 33.4 Å². The van der Waals surface area contributed by atoms with E-state index in [1.165, 1.54) is 0 Å². The Morgan fingerprint density at radius 2 is 2.18 bits per heavy atom. The van der Waals surface area contributed by atoms with Gasteiger partial charge in [0.1, 0.15) is 0 Å². The lowest BCUT2D eigenvalue weighted by molar-refractivity contribution is 0.126. The van der Waals surface area contributed by atoms with Crippen molar-refractivity contribution in [3.63, 3.8) is 0 Å². The first-order chi connectivity index (χ1) is 8.21. The molecule has 2 amide bonds. The number of carbonyl (C=O) groups excluding carboxylic acids is 1. The number of piperidine rings is 1. The Kier molecular flexibility index (Phi) is 6.29. The third-order valence-electron chi connectivity index (χ3n) is 3.35. The van der Waals surface area contributed by atoms with Crippen molar-refractivity contribution in [2.45, 2.75) is 32.2 Å². The number of ether oxygens (including phenoxy) is 1. The van der Waals surface area contributed by atoms with Gasteiger partial charge in [-0.25, -0.2) is 4.79 Å². The molecule has 100 valence electrons. The summed E-state index contributed by atoms with van der Waals surface area (Å²) in [7, 11) is 1.64. The number of nitrogens with one attached hydrogen (secondary N) is 1. The van der Waals surface area contributed by atoms with E-state index in [0.29, 0.717) is 12.5 Å². The Balaban J connectivity index is 2.32. The number of urea groups is 1. The molecule has 1 saturated heterocycles. The number of carbonyl (C=O) groups is 1. The van der Waals surface area contributed by atoms with Crippen molar-refractivity contribution < 1.29 is 14.6 Å². The molecule has 1 aliphatic heterocycles. The normalized spacial score (nSPS) is 19.1. The molecule has 0 radical (unpaired) electrons. The molecule has 0 spiro atoms. The molecule has 1 heterocycles. The molecule has 1 rings (SSSR count). The van der Waals surface area contributed by atoms with Gasteiger partial charge >= 0.3 is 6.03 Å². The molecule has 1 unspecified atom stereocenters. The van der Waals surface area contributed by atoms with Crippen LogP contribution in [0.4, 0.5) is 4.79 Å². The molecule has 5 heteroatoms. The fraction of sp³-hybridized carbons (Fsp3) is 0.917.